The zero-order valence-electron chi connectivity index (χ0n) is 16.3. The van der Waals surface area contributed by atoms with Crippen molar-refractivity contribution >= 4 is 21.4 Å². The second-order valence-corrected chi connectivity index (χ2v) is 10.7. The summed E-state index contributed by atoms with van der Waals surface area (Å²) < 4.78 is 24.5. The van der Waals surface area contributed by atoms with Gasteiger partial charge in [0.25, 0.3) is 0 Å². The molecule has 1 aromatic rings. The third-order valence-corrected chi connectivity index (χ3v) is 8.07. The smallest absolute Gasteiger partial charge is 0.225 e. The third kappa shape index (κ3) is 6.04. The number of nitrogens with zero attached hydrogens (tertiary/aromatic N) is 1. The quantitative estimate of drug-likeness (QED) is 0.770. The highest BCUT2D eigenvalue weighted by molar-refractivity contribution is 7.92. The molecule has 150 valence electrons. The van der Waals surface area contributed by atoms with Crippen LogP contribution < -0.4 is 5.32 Å². The molecule has 0 radical (unpaired) electrons. The number of benzene rings is 1. The number of nitrogens with one attached hydrogen (secondary N) is 1. The summed E-state index contributed by atoms with van der Waals surface area (Å²) in [7, 11) is -3.14. The first-order valence-corrected chi connectivity index (χ1v) is 12.0. The van der Waals surface area contributed by atoms with Crippen molar-refractivity contribution in [3.63, 3.8) is 0 Å². The summed E-state index contributed by atoms with van der Waals surface area (Å²) >= 11 is 0. The minimum Gasteiger partial charge on any atom is -0.326 e. The molecule has 6 heteroatoms. The Morgan fingerprint density at radius 1 is 1.11 bits per heavy atom. The molecule has 0 unspecified atom stereocenters. The molecule has 1 heterocycles. The van der Waals surface area contributed by atoms with Crippen LogP contribution in [-0.4, -0.2) is 43.3 Å². The molecule has 5 nitrogen and oxygen atoms in total. The summed E-state index contributed by atoms with van der Waals surface area (Å²) in [4.78, 5) is 14.6. The molecule has 0 aromatic heterocycles. The number of hydrogen-bond acceptors (Lipinski definition) is 4. The number of sulfone groups is 1. The Hall–Kier alpha value is -1.40. The zero-order chi connectivity index (χ0) is 19.3. The highest BCUT2D eigenvalue weighted by Gasteiger charge is 2.28. The molecular formula is C21H32N2O3S. The lowest BCUT2D eigenvalue weighted by Gasteiger charge is -2.30. The molecule has 2 fully saturated rings. The van der Waals surface area contributed by atoms with Crippen LogP contribution in [0.2, 0.25) is 0 Å². The summed E-state index contributed by atoms with van der Waals surface area (Å²) in [5, 5.41) is 2.59. The fourth-order valence-corrected chi connectivity index (χ4v) is 6.11. The fourth-order valence-electron chi connectivity index (χ4n) is 4.25. The molecule has 3 rings (SSSR count). The van der Waals surface area contributed by atoms with E-state index in [1.54, 1.807) is 0 Å². The van der Waals surface area contributed by atoms with Crippen LogP contribution in [0.25, 0.3) is 0 Å². The number of amides is 1. The Labute approximate surface area is 163 Å². The van der Waals surface area contributed by atoms with Crippen molar-refractivity contribution in [1.82, 2.24) is 4.90 Å². The number of piperidine rings is 1. The van der Waals surface area contributed by atoms with Gasteiger partial charge in [-0.25, -0.2) is 8.42 Å². The number of rotatable bonds is 7. The van der Waals surface area contributed by atoms with Crippen LogP contribution in [-0.2, 0) is 21.2 Å². The Morgan fingerprint density at radius 2 is 1.81 bits per heavy atom. The predicted octanol–water partition coefficient (Wildman–Crippen LogP) is 3.60. The van der Waals surface area contributed by atoms with Crippen molar-refractivity contribution in [3.05, 3.63) is 29.8 Å². The minimum absolute atomic E-state index is 0.0340. The Kier molecular flexibility index (Phi) is 6.93. The molecule has 1 aromatic carbocycles. The molecule has 1 aliphatic carbocycles. The average molecular weight is 393 g/mol. The molecule has 1 N–H and O–H groups in total. The van der Waals surface area contributed by atoms with Gasteiger partial charge in [0, 0.05) is 25.2 Å². The molecule has 1 saturated heterocycles. The minimum atomic E-state index is -3.14. The average Bonchev–Trinajstić information content (AvgIpc) is 3.18. The second-order valence-electron chi connectivity index (χ2n) is 8.25. The number of hydrogen-bond donors (Lipinski definition) is 1. The number of carbonyl (C=O) groups excluding carboxylic acids is 1. The lowest BCUT2D eigenvalue weighted by molar-refractivity contribution is -0.115. The highest BCUT2D eigenvalue weighted by atomic mass is 32.2. The summed E-state index contributed by atoms with van der Waals surface area (Å²) in [6, 6.07) is 7.91. The van der Waals surface area contributed by atoms with Gasteiger partial charge in [0.2, 0.25) is 5.91 Å². The van der Waals surface area contributed by atoms with Crippen molar-refractivity contribution in [2.24, 2.45) is 5.92 Å². The zero-order valence-corrected chi connectivity index (χ0v) is 17.1. The molecule has 1 amide bonds. The lowest BCUT2D eigenvalue weighted by Crippen LogP contribution is -2.33. The van der Waals surface area contributed by atoms with Crippen LogP contribution in [0.15, 0.2) is 24.3 Å². The van der Waals surface area contributed by atoms with Crippen LogP contribution in [0, 0.1) is 5.92 Å². The first-order chi connectivity index (χ1) is 12.9. The van der Waals surface area contributed by atoms with Gasteiger partial charge in [0.15, 0.2) is 9.84 Å². The maximum atomic E-state index is 12.3. The van der Waals surface area contributed by atoms with E-state index < -0.39 is 9.84 Å². The largest absolute Gasteiger partial charge is 0.326 e. The van der Waals surface area contributed by atoms with E-state index in [2.05, 4.69) is 17.1 Å². The van der Waals surface area contributed by atoms with Crippen molar-refractivity contribution in [2.75, 3.05) is 24.2 Å². The first-order valence-electron chi connectivity index (χ1n) is 10.2. The van der Waals surface area contributed by atoms with Crippen LogP contribution >= 0.6 is 0 Å². The number of likely N-dealkylation sites (tertiary alicyclic amines) is 1. The normalized spacial score (nSPS) is 22.0. The SMILES string of the molecule is C[C@@H]1CCCN(Cc2ccc(NC(=O)CCS(=O)(=O)C3CCCC3)cc2)C1. The summed E-state index contributed by atoms with van der Waals surface area (Å²) in [6.45, 7) is 5.54. The lowest BCUT2D eigenvalue weighted by atomic mass is 10.00. The molecule has 2 aliphatic rings. The molecule has 27 heavy (non-hydrogen) atoms. The summed E-state index contributed by atoms with van der Waals surface area (Å²) in [6.07, 6.45) is 6.09. The number of anilines is 1. The van der Waals surface area contributed by atoms with E-state index in [-0.39, 0.29) is 23.3 Å². The molecule has 1 atom stereocenters. The van der Waals surface area contributed by atoms with Crippen LogP contribution in [0.3, 0.4) is 0 Å². The second kappa shape index (κ2) is 9.20. The molecular weight excluding hydrogens is 360 g/mol. The first kappa shape index (κ1) is 20.3. The molecule has 1 saturated carbocycles. The van der Waals surface area contributed by atoms with Gasteiger partial charge in [-0.1, -0.05) is 31.9 Å². The summed E-state index contributed by atoms with van der Waals surface area (Å²) in [5.74, 6) is 0.487. The topological polar surface area (TPSA) is 66.5 Å². The van der Waals surface area contributed by atoms with Crippen LogP contribution in [0.4, 0.5) is 5.69 Å². The van der Waals surface area contributed by atoms with Gasteiger partial charge in [0.1, 0.15) is 0 Å². The van der Waals surface area contributed by atoms with Crippen LogP contribution in [0.1, 0.15) is 57.4 Å². The molecule has 0 spiro atoms. The van der Waals surface area contributed by atoms with E-state index in [9.17, 15) is 13.2 Å². The highest BCUT2D eigenvalue weighted by Crippen LogP contribution is 2.25. The monoisotopic (exact) mass is 392 g/mol. The predicted molar refractivity (Wildman–Crippen MR) is 109 cm³/mol. The van der Waals surface area contributed by atoms with E-state index in [1.807, 2.05) is 24.3 Å². The van der Waals surface area contributed by atoms with E-state index in [1.165, 1.54) is 18.4 Å². The molecule has 0 bridgehead atoms. The van der Waals surface area contributed by atoms with Crippen LogP contribution in [0.5, 0.6) is 0 Å². The van der Waals surface area contributed by atoms with Crippen molar-refractivity contribution in [1.29, 1.82) is 0 Å². The summed E-state index contributed by atoms with van der Waals surface area (Å²) in [5.41, 5.74) is 1.97. The van der Waals surface area contributed by atoms with Gasteiger partial charge in [-0.3, -0.25) is 9.69 Å². The Bertz CT molecular complexity index is 724. The van der Waals surface area contributed by atoms with Gasteiger partial charge < -0.3 is 5.32 Å². The fraction of sp³-hybridized carbons (Fsp3) is 0.667. The Balaban J connectivity index is 1.45. The van der Waals surface area contributed by atoms with Gasteiger partial charge >= 0.3 is 0 Å². The van der Waals surface area contributed by atoms with E-state index in [4.69, 9.17) is 0 Å². The van der Waals surface area contributed by atoms with Crippen molar-refractivity contribution < 1.29 is 13.2 Å². The third-order valence-electron chi connectivity index (χ3n) is 5.81. The van der Waals surface area contributed by atoms with Gasteiger partial charge in [0.05, 0.1) is 11.0 Å². The van der Waals surface area contributed by atoms with E-state index in [0.29, 0.717) is 0 Å². The van der Waals surface area contributed by atoms with Gasteiger partial charge in [-0.05, 0) is 55.8 Å². The Morgan fingerprint density at radius 3 is 2.48 bits per heavy atom. The standard InChI is InChI=1S/C21H32N2O3S/c1-17-5-4-13-23(15-17)16-18-8-10-19(11-9-18)22-21(24)12-14-27(25,26)20-6-2-3-7-20/h8-11,17,20H,2-7,12-16H2,1H3,(H,22,24)/t17-/m1/s1. The van der Waals surface area contributed by atoms with Crippen molar-refractivity contribution in [3.8, 4) is 0 Å². The maximum absolute atomic E-state index is 12.3. The van der Waals surface area contributed by atoms with Gasteiger partial charge in [-0.2, -0.15) is 0 Å². The number of carbonyl (C=O) groups is 1. The molecule has 1 aliphatic heterocycles. The van der Waals surface area contributed by atoms with E-state index in [0.717, 1.165) is 56.9 Å². The van der Waals surface area contributed by atoms with Crippen molar-refractivity contribution in [2.45, 2.75) is 63.7 Å². The maximum Gasteiger partial charge on any atom is 0.225 e. The van der Waals surface area contributed by atoms with Gasteiger partial charge in [-0.15, -0.1) is 0 Å². The van der Waals surface area contributed by atoms with E-state index >= 15 is 0 Å².